The summed E-state index contributed by atoms with van der Waals surface area (Å²) in [6, 6.07) is 8.17. The number of nitrogens with zero attached hydrogens (tertiary/aromatic N) is 2. The van der Waals surface area contributed by atoms with Gasteiger partial charge in [0.05, 0.1) is 10.6 Å². The SMILES string of the molecule is Nc1cccc(Cl)c1C(=O)Nc1cccnn1. The van der Waals surface area contributed by atoms with E-state index in [1.807, 2.05) is 0 Å². The van der Waals surface area contributed by atoms with Crippen LogP contribution in [0.15, 0.2) is 36.5 Å². The van der Waals surface area contributed by atoms with Crippen LogP contribution in [-0.2, 0) is 0 Å². The molecular formula is C11H9ClN4O. The van der Waals surface area contributed by atoms with Crippen molar-refractivity contribution in [3.05, 3.63) is 47.1 Å². The first-order chi connectivity index (χ1) is 8.18. The molecule has 0 bridgehead atoms. The Bertz CT molecular complexity index is 524. The maximum atomic E-state index is 11.9. The maximum Gasteiger partial charge on any atom is 0.260 e. The lowest BCUT2D eigenvalue weighted by Gasteiger charge is -2.07. The van der Waals surface area contributed by atoms with Crippen LogP contribution in [0.3, 0.4) is 0 Å². The van der Waals surface area contributed by atoms with Crippen molar-refractivity contribution >= 4 is 29.0 Å². The normalized spacial score (nSPS) is 9.94. The molecule has 0 saturated carbocycles. The Morgan fingerprint density at radius 1 is 1.29 bits per heavy atom. The maximum absolute atomic E-state index is 11.9. The fourth-order valence-electron chi connectivity index (χ4n) is 1.33. The number of nitrogen functional groups attached to an aromatic ring is 1. The van der Waals surface area contributed by atoms with E-state index in [0.717, 1.165) is 0 Å². The van der Waals surface area contributed by atoms with Gasteiger partial charge < -0.3 is 11.1 Å². The minimum absolute atomic E-state index is 0.236. The van der Waals surface area contributed by atoms with Crippen LogP contribution in [0.4, 0.5) is 11.5 Å². The summed E-state index contributed by atoms with van der Waals surface area (Å²) in [5.41, 5.74) is 6.25. The zero-order valence-electron chi connectivity index (χ0n) is 8.72. The molecule has 1 amide bonds. The van der Waals surface area contributed by atoms with Crippen molar-refractivity contribution < 1.29 is 4.79 Å². The van der Waals surface area contributed by atoms with Gasteiger partial charge in [0.15, 0.2) is 5.82 Å². The van der Waals surface area contributed by atoms with E-state index in [1.165, 1.54) is 6.20 Å². The van der Waals surface area contributed by atoms with Gasteiger partial charge in [0, 0.05) is 11.9 Å². The minimum atomic E-state index is -0.409. The van der Waals surface area contributed by atoms with Crippen molar-refractivity contribution in [1.82, 2.24) is 10.2 Å². The van der Waals surface area contributed by atoms with Crippen LogP contribution in [0.1, 0.15) is 10.4 Å². The molecule has 1 heterocycles. The van der Waals surface area contributed by atoms with E-state index in [-0.39, 0.29) is 5.56 Å². The molecule has 2 rings (SSSR count). The van der Waals surface area contributed by atoms with Gasteiger partial charge in [-0.1, -0.05) is 17.7 Å². The van der Waals surface area contributed by atoms with Crippen LogP contribution in [0.5, 0.6) is 0 Å². The molecule has 2 aromatic rings. The van der Waals surface area contributed by atoms with Gasteiger partial charge in [-0.2, -0.15) is 5.10 Å². The Labute approximate surface area is 103 Å². The standard InChI is InChI=1S/C11H9ClN4O/c12-7-3-1-4-8(13)10(7)11(17)15-9-5-2-6-14-16-9/h1-6H,13H2,(H,15,16,17). The predicted octanol–water partition coefficient (Wildman–Crippen LogP) is 1.96. The van der Waals surface area contributed by atoms with Crippen molar-refractivity contribution in [1.29, 1.82) is 0 Å². The monoisotopic (exact) mass is 248 g/mol. The lowest BCUT2D eigenvalue weighted by atomic mass is 10.1. The van der Waals surface area contributed by atoms with Gasteiger partial charge in [-0.25, -0.2) is 0 Å². The van der Waals surface area contributed by atoms with Crippen LogP contribution in [0.25, 0.3) is 0 Å². The predicted molar refractivity (Wildman–Crippen MR) is 65.8 cm³/mol. The van der Waals surface area contributed by atoms with Gasteiger partial charge in [0.2, 0.25) is 0 Å². The molecule has 1 aromatic carbocycles. The summed E-state index contributed by atoms with van der Waals surface area (Å²) in [7, 11) is 0. The van der Waals surface area contributed by atoms with Crippen molar-refractivity contribution in [3.63, 3.8) is 0 Å². The number of nitrogens with one attached hydrogen (secondary N) is 1. The number of aromatic nitrogens is 2. The Morgan fingerprint density at radius 3 is 2.76 bits per heavy atom. The molecule has 17 heavy (non-hydrogen) atoms. The zero-order valence-corrected chi connectivity index (χ0v) is 9.48. The lowest BCUT2D eigenvalue weighted by molar-refractivity contribution is 0.102. The van der Waals surface area contributed by atoms with Crippen molar-refractivity contribution in [3.8, 4) is 0 Å². The van der Waals surface area contributed by atoms with E-state index < -0.39 is 5.91 Å². The van der Waals surface area contributed by atoms with Crippen LogP contribution < -0.4 is 11.1 Å². The van der Waals surface area contributed by atoms with Gasteiger partial charge in [0.25, 0.3) is 5.91 Å². The van der Waals surface area contributed by atoms with Gasteiger partial charge in [-0.15, -0.1) is 5.10 Å². The molecule has 0 aliphatic carbocycles. The summed E-state index contributed by atoms with van der Waals surface area (Å²) >= 11 is 5.91. The average Bonchev–Trinajstić information content (AvgIpc) is 2.30. The van der Waals surface area contributed by atoms with E-state index in [9.17, 15) is 4.79 Å². The number of halogens is 1. The van der Waals surface area contributed by atoms with E-state index in [1.54, 1.807) is 30.3 Å². The zero-order chi connectivity index (χ0) is 12.3. The van der Waals surface area contributed by atoms with Gasteiger partial charge >= 0.3 is 0 Å². The topological polar surface area (TPSA) is 80.9 Å². The fraction of sp³-hybridized carbons (Fsp3) is 0. The third kappa shape index (κ3) is 2.51. The number of hydrogen-bond donors (Lipinski definition) is 2. The highest BCUT2D eigenvalue weighted by Gasteiger charge is 2.14. The number of rotatable bonds is 2. The molecule has 0 atom stereocenters. The Hall–Kier alpha value is -2.14. The molecule has 0 radical (unpaired) electrons. The fourth-order valence-corrected chi connectivity index (χ4v) is 1.60. The third-order valence-electron chi connectivity index (χ3n) is 2.09. The average molecular weight is 249 g/mol. The largest absolute Gasteiger partial charge is 0.398 e. The van der Waals surface area contributed by atoms with Crippen molar-refractivity contribution in [2.24, 2.45) is 0 Å². The second-order valence-electron chi connectivity index (χ2n) is 3.27. The van der Waals surface area contributed by atoms with Gasteiger partial charge in [0.1, 0.15) is 0 Å². The molecule has 0 spiro atoms. The molecule has 0 fully saturated rings. The van der Waals surface area contributed by atoms with E-state index >= 15 is 0 Å². The molecule has 0 unspecified atom stereocenters. The number of benzene rings is 1. The highest BCUT2D eigenvalue weighted by Crippen LogP contribution is 2.22. The third-order valence-corrected chi connectivity index (χ3v) is 2.40. The molecule has 0 aliphatic heterocycles. The lowest BCUT2D eigenvalue weighted by Crippen LogP contribution is -2.15. The summed E-state index contributed by atoms with van der Waals surface area (Å²) < 4.78 is 0. The van der Waals surface area contributed by atoms with Crippen molar-refractivity contribution in [2.45, 2.75) is 0 Å². The van der Waals surface area contributed by atoms with E-state index in [2.05, 4.69) is 15.5 Å². The van der Waals surface area contributed by atoms with Crippen LogP contribution in [0, 0.1) is 0 Å². The summed E-state index contributed by atoms with van der Waals surface area (Å²) in [5, 5.41) is 10.2. The smallest absolute Gasteiger partial charge is 0.260 e. The second-order valence-corrected chi connectivity index (χ2v) is 3.67. The molecule has 1 aromatic heterocycles. The first-order valence-electron chi connectivity index (χ1n) is 4.81. The first-order valence-corrected chi connectivity index (χ1v) is 5.19. The van der Waals surface area contributed by atoms with E-state index in [0.29, 0.717) is 16.5 Å². The summed E-state index contributed by atoms with van der Waals surface area (Å²) in [6.07, 6.45) is 1.51. The molecule has 0 aliphatic rings. The number of carbonyl (C=O) groups is 1. The second kappa shape index (κ2) is 4.80. The van der Waals surface area contributed by atoms with Crippen LogP contribution in [-0.4, -0.2) is 16.1 Å². The van der Waals surface area contributed by atoms with Crippen LogP contribution in [0.2, 0.25) is 5.02 Å². The van der Waals surface area contributed by atoms with Crippen LogP contribution >= 0.6 is 11.6 Å². The Kier molecular flexibility index (Phi) is 3.20. The van der Waals surface area contributed by atoms with Crippen molar-refractivity contribution in [2.75, 3.05) is 11.1 Å². The molecule has 86 valence electrons. The summed E-state index contributed by atoms with van der Waals surface area (Å²) in [4.78, 5) is 11.9. The number of carbonyl (C=O) groups excluding carboxylic acids is 1. The Morgan fingerprint density at radius 2 is 2.12 bits per heavy atom. The quantitative estimate of drug-likeness (QED) is 0.796. The highest BCUT2D eigenvalue weighted by atomic mass is 35.5. The highest BCUT2D eigenvalue weighted by molar-refractivity contribution is 6.35. The number of amides is 1. The molecule has 3 N–H and O–H groups in total. The summed E-state index contributed by atoms with van der Waals surface area (Å²) in [6.45, 7) is 0. The van der Waals surface area contributed by atoms with E-state index in [4.69, 9.17) is 17.3 Å². The molecular weight excluding hydrogens is 240 g/mol. The molecule has 6 heteroatoms. The number of hydrogen-bond acceptors (Lipinski definition) is 4. The molecule has 5 nitrogen and oxygen atoms in total. The summed E-state index contributed by atoms with van der Waals surface area (Å²) in [5.74, 6) is -0.0644. The molecule has 0 saturated heterocycles. The Balaban J connectivity index is 2.27. The van der Waals surface area contributed by atoms with Gasteiger partial charge in [-0.05, 0) is 24.3 Å². The number of nitrogens with two attached hydrogens (primary N) is 1. The first kappa shape index (κ1) is 11.3. The van der Waals surface area contributed by atoms with Gasteiger partial charge in [-0.3, -0.25) is 4.79 Å². The number of anilines is 2. The minimum Gasteiger partial charge on any atom is -0.398 e.